The summed E-state index contributed by atoms with van der Waals surface area (Å²) in [6, 6.07) is 67.0. The predicted molar refractivity (Wildman–Crippen MR) is 218 cm³/mol. The molecule has 0 aliphatic heterocycles. The van der Waals surface area contributed by atoms with Crippen molar-refractivity contribution in [1.29, 1.82) is 0 Å². The summed E-state index contributed by atoms with van der Waals surface area (Å²) < 4.78 is 13.3. The monoisotopic (exact) mass is 910 g/mol. The van der Waals surface area contributed by atoms with Crippen molar-refractivity contribution in [3.8, 4) is 0 Å². The summed E-state index contributed by atoms with van der Waals surface area (Å²) in [5.41, 5.74) is 0. The normalized spacial score (nSPS) is 11.8. The van der Waals surface area contributed by atoms with Crippen LogP contribution in [0, 0.1) is 0 Å². The molecule has 48 heavy (non-hydrogen) atoms. The van der Waals surface area contributed by atoms with Crippen LogP contribution in [0.1, 0.15) is 0 Å². The van der Waals surface area contributed by atoms with E-state index >= 15 is 0 Å². The van der Waals surface area contributed by atoms with Crippen LogP contribution >= 0.6 is 46.2 Å². The third-order valence-electron chi connectivity index (χ3n) is 8.96. The van der Waals surface area contributed by atoms with Crippen LogP contribution in [0.5, 0.6) is 0 Å². The molecule has 236 valence electrons. The summed E-state index contributed by atoms with van der Waals surface area (Å²) >= 11 is -0.316. The van der Waals surface area contributed by atoms with Crippen LogP contribution in [-0.2, 0) is 0 Å². The molecule has 0 spiro atoms. The van der Waals surface area contributed by atoms with Gasteiger partial charge < -0.3 is 0 Å². The molecule has 0 atom stereocenters. The van der Waals surface area contributed by atoms with Gasteiger partial charge in [0.15, 0.2) is 0 Å². The molecule has 7 aromatic rings. The predicted octanol–water partition coefficient (Wildman–Crippen LogP) is 6.77. The molecule has 0 radical (unpaired) electrons. The van der Waals surface area contributed by atoms with Crippen LogP contribution in [0.3, 0.4) is 0 Å². The van der Waals surface area contributed by atoms with Crippen LogP contribution < -0.4 is 25.5 Å². The molecular weight excluding hydrogens is 874 g/mol. The Morgan fingerprint density at radius 1 is 0.354 bits per heavy atom. The van der Waals surface area contributed by atoms with Crippen LogP contribution in [0.4, 0.5) is 0 Å². The van der Waals surface area contributed by atoms with E-state index in [1.54, 1.807) is 0 Å². The van der Waals surface area contributed by atoms with Crippen LogP contribution in [-0.4, -0.2) is 44.3 Å². The summed E-state index contributed by atoms with van der Waals surface area (Å²) in [7, 11) is 0. The van der Waals surface area contributed by atoms with Crippen molar-refractivity contribution >= 4 is 104 Å². The van der Waals surface area contributed by atoms with Crippen LogP contribution in [0.15, 0.2) is 195 Å². The van der Waals surface area contributed by atoms with Crippen molar-refractivity contribution in [3.05, 3.63) is 191 Å². The first kappa shape index (κ1) is 33.9. The summed E-state index contributed by atoms with van der Waals surface area (Å²) in [6.45, 7) is 0. The molecule has 0 saturated carbocycles. The molecular formula is C41H34OS4Sn2. The second-order valence-corrected chi connectivity index (χ2v) is 41.5. The Balaban J connectivity index is 1.29. The number of hydrogen-bond acceptors (Lipinski definition) is 5. The third kappa shape index (κ3) is 7.05. The zero-order chi connectivity index (χ0) is 32.7. The zero-order valence-corrected chi connectivity index (χ0v) is 35.3. The SMILES string of the molecule is O=c1sc(S[CH2][Sn]([c]2ccccc2)([c]2ccccc2)[c]2ccccc2)c(S[CH2][Sn]([c]2ccccc2)([c]2ccccc2)[c]2ccccc2)s1. The molecule has 0 aliphatic carbocycles. The van der Waals surface area contributed by atoms with Crippen molar-refractivity contribution in [1.82, 2.24) is 0 Å². The van der Waals surface area contributed by atoms with Gasteiger partial charge in [-0.05, 0) is 0 Å². The Labute approximate surface area is 307 Å². The number of benzene rings is 6. The molecule has 1 aromatic heterocycles. The zero-order valence-electron chi connectivity index (χ0n) is 26.3. The first-order chi connectivity index (χ1) is 23.7. The summed E-state index contributed by atoms with van der Waals surface area (Å²) in [5, 5.41) is 0. The molecule has 7 rings (SSSR count). The van der Waals surface area contributed by atoms with E-state index in [1.807, 2.05) is 23.5 Å². The third-order valence-corrected chi connectivity index (χ3v) is 46.9. The summed E-state index contributed by atoms with van der Waals surface area (Å²) in [6.07, 6.45) is 0. The van der Waals surface area contributed by atoms with Crippen molar-refractivity contribution in [2.45, 2.75) is 8.42 Å². The minimum absolute atomic E-state index is 0.180. The van der Waals surface area contributed by atoms with Gasteiger partial charge in [0.25, 0.3) is 0 Å². The molecule has 0 saturated heterocycles. The van der Waals surface area contributed by atoms with E-state index in [2.05, 4.69) is 182 Å². The Morgan fingerprint density at radius 2 is 0.562 bits per heavy atom. The number of thioether (sulfide) groups is 2. The quantitative estimate of drug-likeness (QED) is 0.0997. The van der Waals surface area contributed by atoms with Gasteiger partial charge in [0.2, 0.25) is 0 Å². The Morgan fingerprint density at radius 3 is 0.771 bits per heavy atom. The van der Waals surface area contributed by atoms with Gasteiger partial charge in [-0.1, -0.05) is 0 Å². The first-order valence-corrected chi connectivity index (χ1v) is 32.1. The Bertz CT molecular complexity index is 1740. The van der Waals surface area contributed by atoms with Gasteiger partial charge in [-0.15, -0.1) is 0 Å². The van der Waals surface area contributed by atoms with E-state index in [1.165, 1.54) is 52.6 Å². The fourth-order valence-electron chi connectivity index (χ4n) is 6.62. The second kappa shape index (κ2) is 16.0. The van der Waals surface area contributed by atoms with E-state index < -0.39 is 36.8 Å². The van der Waals surface area contributed by atoms with Gasteiger partial charge in [0.1, 0.15) is 0 Å². The van der Waals surface area contributed by atoms with E-state index in [-0.39, 0.29) is 4.06 Å². The molecule has 0 unspecified atom stereocenters. The van der Waals surface area contributed by atoms with E-state index in [0.29, 0.717) is 0 Å². The van der Waals surface area contributed by atoms with Gasteiger partial charge >= 0.3 is 311 Å². The van der Waals surface area contributed by atoms with Gasteiger partial charge in [0.05, 0.1) is 0 Å². The fraction of sp³-hybridized carbons (Fsp3) is 0.0488. The molecule has 0 bridgehead atoms. The second-order valence-electron chi connectivity index (χ2n) is 11.6. The number of hydrogen-bond donors (Lipinski definition) is 0. The van der Waals surface area contributed by atoms with Crippen molar-refractivity contribution in [3.63, 3.8) is 0 Å². The minimum atomic E-state index is -3.52. The molecule has 6 aromatic carbocycles. The summed E-state index contributed by atoms with van der Waals surface area (Å²) in [4.78, 5) is 13.2. The van der Waals surface area contributed by atoms with E-state index in [9.17, 15) is 4.79 Å². The Kier molecular flexibility index (Phi) is 11.3. The molecule has 7 heteroatoms. The van der Waals surface area contributed by atoms with Crippen molar-refractivity contribution in [2.75, 3.05) is 7.54 Å². The first-order valence-electron chi connectivity index (χ1n) is 15.9. The van der Waals surface area contributed by atoms with Gasteiger partial charge in [-0.2, -0.15) is 0 Å². The standard InChI is InChI=1S/6C6H5.C5H4OS4.2Sn/c6*1-2-4-6-5-3-1;1-7-3-4(8-2)10-5(6)9-3;;/h6*1-5H;1-2H2;;. The van der Waals surface area contributed by atoms with E-state index in [0.717, 1.165) is 7.54 Å². The average Bonchev–Trinajstić information content (AvgIpc) is 3.53. The fourth-order valence-corrected chi connectivity index (χ4v) is 47.8. The summed E-state index contributed by atoms with van der Waals surface area (Å²) in [5.74, 6) is 0. The maximum atomic E-state index is 13.2. The molecule has 1 heterocycles. The van der Waals surface area contributed by atoms with Gasteiger partial charge in [-0.3, -0.25) is 0 Å². The molecule has 0 N–H and O–H groups in total. The molecule has 0 aliphatic rings. The maximum absolute atomic E-state index is 13.2. The average molecular weight is 908 g/mol. The van der Waals surface area contributed by atoms with Crippen molar-refractivity contribution < 1.29 is 0 Å². The number of rotatable bonds is 12. The molecule has 1 nitrogen and oxygen atoms in total. The Hall–Kier alpha value is -2.53. The van der Waals surface area contributed by atoms with Crippen LogP contribution in [0.25, 0.3) is 0 Å². The van der Waals surface area contributed by atoms with Crippen molar-refractivity contribution in [2.24, 2.45) is 0 Å². The molecule has 0 fully saturated rings. The van der Waals surface area contributed by atoms with E-state index in [4.69, 9.17) is 0 Å². The topological polar surface area (TPSA) is 17.1 Å². The van der Waals surface area contributed by atoms with Crippen LogP contribution in [0.2, 0.25) is 0 Å². The molecule has 0 amide bonds. The van der Waals surface area contributed by atoms with Gasteiger partial charge in [-0.25, -0.2) is 0 Å². The van der Waals surface area contributed by atoms with Gasteiger partial charge in [0, 0.05) is 0 Å².